The van der Waals surface area contributed by atoms with E-state index in [1.165, 1.54) is 35.8 Å². The van der Waals surface area contributed by atoms with Gasteiger partial charge >= 0.3 is 6.18 Å². The summed E-state index contributed by atoms with van der Waals surface area (Å²) in [6.45, 7) is 0.367. The smallest absolute Gasteiger partial charge is 0.418 e. The van der Waals surface area contributed by atoms with Gasteiger partial charge in [-0.3, -0.25) is 0 Å². The average molecular weight is 459 g/mol. The van der Waals surface area contributed by atoms with E-state index in [-0.39, 0.29) is 11.3 Å². The standard InChI is InChI=1S/C21H15ClF5NO3/c1-11(20(29)30)12-8-16(23)19(17(24)9-12)31-10-18-15(21(25,26)27)6-7-28(18)14-4-2-13(22)3-5-14/h2-9,11H,10H2,1H3,(H,29,30)/p-1. The van der Waals surface area contributed by atoms with Crippen LogP contribution in [0.15, 0.2) is 48.7 Å². The second-order valence-electron chi connectivity index (χ2n) is 6.66. The Labute approximate surface area is 178 Å². The predicted molar refractivity (Wildman–Crippen MR) is 99.9 cm³/mol. The van der Waals surface area contributed by atoms with Crippen molar-refractivity contribution in [2.24, 2.45) is 0 Å². The first-order chi connectivity index (χ1) is 14.5. The third-order valence-electron chi connectivity index (χ3n) is 4.63. The Kier molecular flexibility index (Phi) is 6.26. The number of alkyl halides is 3. The quantitative estimate of drug-likeness (QED) is 0.496. The van der Waals surface area contributed by atoms with Crippen molar-refractivity contribution in [3.05, 3.63) is 82.1 Å². The first-order valence-electron chi connectivity index (χ1n) is 8.85. The zero-order chi connectivity index (χ0) is 22.9. The van der Waals surface area contributed by atoms with Crippen molar-refractivity contribution < 1.29 is 36.6 Å². The molecule has 0 aliphatic heterocycles. The molecule has 0 bridgehead atoms. The van der Waals surface area contributed by atoms with Crippen molar-refractivity contribution in [3.63, 3.8) is 0 Å². The van der Waals surface area contributed by atoms with Crippen molar-refractivity contribution in [1.29, 1.82) is 0 Å². The van der Waals surface area contributed by atoms with Gasteiger partial charge in [0.25, 0.3) is 0 Å². The van der Waals surface area contributed by atoms with Gasteiger partial charge in [-0.2, -0.15) is 13.2 Å². The minimum atomic E-state index is -4.73. The van der Waals surface area contributed by atoms with Gasteiger partial charge in [-0.05, 0) is 48.0 Å². The van der Waals surface area contributed by atoms with E-state index in [0.29, 0.717) is 10.7 Å². The van der Waals surface area contributed by atoms with Crippen molar-refractivity contribution in [2.75, 3.05) is 0 Å². The molecule has 4 nitrogen and oxygen atoms in total. The average Bonchev–Trinajstić information content (AvgIpc) is 3.11. The highest BCUT2D eigenvalue weighted by atomic mass is 35.5. The van der Waals surface area contributed by atoms with Gasteiger partial charge in [0.1, 0.15) is 6.61 Å². The Hall–Kier alpha value is -3.07. The maximum Gasteiger partial charge on any atom is 0.418 e. The van der Waals surface area contributed by atoms with Gasteiger partial charge in [0, 0.05) is 28.8 Å². The highest BCUT2D eigenvalue weighted by Gasteiger charge is 2.36. The molecule has 0 amide bonds. The van der Waals surface area contributed by atoms with Crippen LogP contribution in [0.3, 0.4) is 0 Å². The summed E-state index contributed by atoms with van der Waals surface area (Å²) in [4.78, 5) is 10.9. The van der Waals surface area contributed by atoms with Crippen molar-refractivity contribution in [1.82, 2.24) is 4.57 Å². The summed E-state index contributed by atoms with van der Waals surface area (Å²) in [5.74, 6) is -6.26. The molecule has 3 aromatic rings. The minimum Gasteiger partial charge on any atom is -0.550 e. The summed E-state index contributed by atoms with van der Waals surface area (Å²) in [7, 11) is 0. The van der Waals surface area contributed by atoms with Crippen LogP contribution in [0.5, 0.6) is 5.75 Å². The van der Waals surface area contributed by atoms with E-state index < -0.39 is 47.6 Å². The Balaban J connectivity index is 1.97. The van der Waals surface area contributed by atoms with Gasteiger partial charge in [-0.25, -0.2) is 8.78 Å². The first-order valence-corrected chi connectivity index (χ1v) is 9.22. The van der Waals surface area contributed by atoms with Gasteiger partial charge in [0.2, 0.25) is 0 Å². The Morgan fingerprint density at radius 1 is 1.13 bits per heavy atom. The van der Waals surface area contributed by atoms with Crippen LogP contribution >= 0.6 is 11.6 Å². The Bertz CT molecular complexity index is 1090. The molecule has 1 aromatic heterocycles. The topological polar surface area (TPSA) is 54.3 Å². The zero-order valence-electron chi connectivity index (χ0n) is 15.8. The lowest BCUT2D eigenvalue weighted by molar-refractivity contribution is -0.307. The molecule has 3 rings (SSSR count). The Morgan fingerprint density at radius 2 is 1.71 bits per heavy atom. The fraction of sp³-hybridized carbons (Fsp3) is 0.190. The zero-order valence-corrected chi connectivity index (χ0v) is 16.6. The molecule has 0 radical (unpaired) electrons. The monoisotopic (exact) mass is 458 g/mol. The third-order valence-corrected chi connectivity index (χ3v) is 4.88. The Morgan fingerprint density at radius 3 is 2.23 bits per heavy atom. The largest absolute Gasteiger partial charge is 0.550 e. The lowest BCUT2D eigenvalue weighted by Crippen LogP contribution is -2.28. The SMILES string of the molecule is CC(C(=O)[O-])c1cc(F)c(OCc2c(C(F)(F)F)ccn2-c2ccc(Cl)cc2)c(F)c1. The molecular formula is C21H14ClF5NO3-. The highest BCUT2D eigenvalue weighted by Crippen LogP contribution is 2.35. The molecule has 0 spiro atoms. The van der Waals surface area contributed by atoms with Crippen LogP contribution in [0.4, 0.5) is 22.0 Å². The number of carboxylic acids is 1. The number of aromatic nitrogens is 1. The van der Waals surface area contributed by atoms with Crippen LogP contribution in [0, 0.1) is 11.6 Å². The second-order valence-corrected chi connectivity index (χ2v) is 7.10. The molecule has 0 aliphatic rings. The van der Waals surface area contributed by atoms with E-state index in [0.717, 1.165) is 24.4 Å². The van der Waals surface area contributed by atoms with Crippen LogP contribution in [0.2, 0.25) is 5.02 Å². The molecule has 0 saturated carbocycles. The van der Waals surface area contributed by atoms with Gasteiger partial charge < -0.3 is 19.2 Å². The lowest BCUT2D eigenvalue weighted by Gasteiger charge is -2.17. The summed E-state index contributed by atoms with van der Waals surface area (Å²) >= 11 is 5.81. The number of aliphatic carboxylic acids is 1. The summed E-state index contributed by atoms with van der Waals surface area (Å²) in [6, 6.07) is 8.21. The number of hydrogen-bond donors (Lipinski definition) is 0. The van der Waals surface area contributed by atoms with E-state index in [1.807, 2.05) is 0 Å². The minimum absolute atomic E-state index is 0.206. The number of carbonyl (C=O) groups is 1. The van der Waals surface area contributed by atoms with Gasteiger partial charge in [0.05, 0.1) is 11.3 Å². The van der Waals surface area contributed by atoms with Crippen molar-refractivity contribution in [3.8, 4) is 11.4 Å². The molecule has 1 heterocycles. The summed E-state index contributed by atoms with van der Waals surface area (Å²) < 4.78 is 75.3. The normalized spacial score (nSPS) is 12.6. The molecular weight excluding hydrogens is 445 g/mol. The van der Waals surface area contributed by atoms with Gasteiger partial charge in [0.15, 0.2) is 17.4 Å². The fourth-order valence-corrected chi connectivity index (χ4v) is 3.08. The van der Waals surface area contributed by atoms with Crippen LogP contribution in [-0.2, 0) is 17.6 Å². The molecule has 0 saturated heterocycles. The van der Waals surface area contributed by atoms with Crippen LogP contribution in [0.1, 0.15) is 29.7 Å². The molecule has 31 heavy (non-hydrogen) atoms. The number of benzene rings is 2. The van der Waals surface area contributed by atoms with Crippen molar-refractivity contribution in [2.45, 2.75) is 25.6 Å². The van der Waals surface area contributed by atoms with E-state index in [2.05, 4.69) is 0 Å². The van der Waals surface area contributed by atoms with Crippen molar-refractivity contribution >= 4 is 17.6 Å². The molecule has 1 unspecified atom stereocenters. The van der Waals surface area contributed by atoms with Gasteiger partial charge in [-0.1, -0.05) is 18.5 Å². The van der Waals surface area contributed by atoms with Crippen LogP contribution in [0.25, 0.3) is 5.69 Å². The third kappa shape index (κ3) is 4.82. The van der Waals surface area contributed by atoms with E-state index in [1.54, 1.807) is 0 Å². The summed E-state index contributed by atoms with van der Waals surface area (Å²) in [5.41, 5.74) is -1.30. The van der Waals surface area contributed by atoms with Crippen LogP contribution < -0.4 is 9.84 Å². The first kappa shape index (κ1) is 22.6. The van der Waals surface area contributed by atoms with Crippen LogP contribution in [-0.4, -0.2) is 10.5 Å². The predicted octanol–water partition coefficient (Wildman–Crippen LogP) is 4.86. The number of rotatable bonds is 6. The van der Waals surface area contributed by atoms with E-state index >= 15 is 0 Å². The lowest BCUT2D eigenvalue weighted by atomic mass is 10.0. The molecule has 0 fully saturated rings. The number of hydrogen-bond acceptors (Lipinski definition) is 3. The number of carbonyl (C=O) groups excluding carboxylic acids is 1. The molecule has 1 atom stereocenters. The fourth-order valence-electron chi connectivity index (χ4n) is 2.96. The highest BCUT2D eigenvalue weighted by molar-refractivity contribution is 6.30. The number of nitrogens with zero attached hydrogens (tertiary/aromatic N) is 1. The van der Waals surface area contributed by atoms with E-state index in [4.69, 9.17) is 16.3 Å². The second kappa shape index (κ2) is 8.58. The summed E-state index contributed by atoms with van der Waals surface area (Å²) in [5, 5.41) is 11.3. The molecule has 0 N–H and O–H groups in total. The molecule has 10 heteroatoms. The summed E-state index contributed by atoms with van der Waals surface area (Å²) in [6.07, 6.45) is -3.58. The molecule has 0 aliphatic carbocycles. The number of halogens is 6. The number of ether oxygens (including phenoxy) is 1. The maximum absolute atomic E-state index is 14.3. The van der Waals surface area contributed by atoms with Gasteiger partial charge in [-0.15, -0.1) is 0 Å². The maximum atomic E-state index is 14.3. The van der Waals surface area contributed by atoms with E-state index in [9.17, 15) is 31.9 Å². The molecule has 164 valence electrons. The number of carboxylic acid groups (broad SMARTS) is 1. The molecule has 2 aromatic carbocycles.